The predicted molar refractivity (Wildman–Crippen MR) is 62.7 cm³/mol. The van der Waals surface area contributed by atoms with Crippen LogP contribution in [0.5, 0.6) is 0 Å². The van der Waals surface area contributed by atoms with Crippen LogP contribution in [-0.4, -0.2) is 16.5 Å². The average molecular weight is 291 g/mol. The molecule has 1 heterocycles. The van der Waals surface area contributed by atoms with E-state index >= 15 is 0 Å². The van der Waals surface area contributed by atoms with Crippen molar-refractivity contribution >= 4 is 28.4 Å². The first-order valence-corrected chi connectivity index (χ1v) is 5.51. The van der Waals surface area contributed by atoms with Crippen molar-refractivity contribution in [2.75, 3.05) is 11.9 Å². The Morgan fingerprint density at radius 3 is 3.00 bits per heavy atom. The van der Waals surface area contributed by atoms with E-state index < -0.39 is 0 Å². The Hall–Kier alpha value is -0.390. The molecule has 13 heavy (non-hydrogen) atoms. The highest BCUT2D eigenvalue weighted by Gasteiger charge is 2.02. The van der Waals surface area contributed by atoms with Crippen LogP contribution in [0, 0.1) is 9.49 Å². The molecule has 1 aromatic rings. The van der Waals surface area contributed by atoms with E-state index in [0.717, 1.165) is 15.9 Å². The van der Waals surface area contributed by atoms with Crippen molar-refractivity contribution in [3.05, 3.63) is 16.1 Å². The summed E-state index contributed by atoms with van der Waals surface area (Å²) in [6.07, 6.45) is 4.57. The lowest BCUT2D eigenvalue weighted by Crippen LogP contribution is -2.12. The minimum Gasteiger partial charge on any atom is -0.369 e. The molecule has 0 aliphatic carbocycles. The molecule has 0 aliphatic heterocycles. The molecule has 1 unspecified atom stereocenters. The fourth-order valence-electron chi connectivity index (χ4n) is 0.858. The Bertz CT molecular complexity index is 265. The summed E-state index contributed by atoms with van der Waals surface area (Å²) in [6.45, 7) is 5.39. The molecule has 3 nitrogen and oxygen atoms in total. The number of nitrogens with one attached hydrogen (secondary N) is 1. The monoisotopic (exact) mass is 291 g/mol. The summed E-state index contributed by atoms with van der Waals surface area (Å²) in [5.41, 5.74) is 0. The summed E-state index contributed by atoms with van der Waals surface area (Å²) in [4.78, 5) is 8.09. The second-order valence-corrected chi connectivity index (χ2v) is 4.28. The molecule has 0 saturated carbocycles. The van der Waals surface area contributed by atoms with Crippen molar-refractivity contribution in [1.29, 1.82) is 0 Å². The summed E-state index contributed by atoms with van der Waals surface area (Å²) in [5.74, 6) is 1.63. The van der Waals surface area contributed by atoms with E-state index in [1.54, 1.807) is 6.33 Å². The number of anilines is 1. The second kappa shape index (κ2) is 5.36. The van der Waals surface area contributed by atoms with Crippen molar-refractivity contribution in [2.24, 2.45) is 5.92 Å². The Balaban J connectivity index is 2.50. The van der Waals surface area contributed by atoms with Crippen LogP contribution in [0.1, 0.15) is 20.3 Å². The third kappa shape index (κ3) is 3.46. The Labute approximate surface area is 92.5 Å². The van der Waals surface area contributed by atoms with Gasteiger partial charge >= 0.3 is 0 Å². The average Bonchev–Trinajstić information content (AvgIpc) is 2.16. The van der Waals surface area contributed by atoms with Gasteiger partial charge in [-0.15, -0.1) is 0 Å². The molecule has 1 aromatic heterocycles. The van der Waals surface area contributed by atoms with Gasteiger partial charge in [-0.25, -0.2) is 9.97 Å². The highest BCUT2D eigenvalue weighted by atomic mass is 127. The maximum absolute atomic E-state index is 4.15. The third-order valence-corrected chi connectivity index (χ3v) is 2.77. The number of hydrogen-bond donors (Lipinski definition) is 1. The zero-order valence-electron chi connectivity index (χ0n) is 7.92. The smallest absolute Gasteiger partial charge is 0.142 e. The molecular formula is C9H14IN3. The van der Waals surface area contributed by atoms with Gasteiger partial charge in [0.15, 0.2) is 0 Å². The molecule has 1 atom stereocenters. The van der Waals surface area contributed by atoms with Crippen molar-refractivity contribution in [1.82, 2.24) is 9.97 Å². The van der Waals surface area contributed by atoms with Gasteiger partial charge < -0.3 is 5.32 Å². The summed E-state index contributed by atoms with van der Waals surface area (Å²) >= 11 is 2.23. The molecule has 1 N–H and O–H groups in total. The van der Waals surface area contributed by atoms with Gasteiger partial charge in [-0.1, -0.05) is 20.3 Å². The second-order valence-electron chi connectivity index (χ2n) is 3.11. The van der Waals surface area contributed by atoms with Crippen LogP contribution in [0.3, 0.4) is 0 Å². The molecule has 0 bridgehead atoms. The molecule has 1 rings (SSSR count). The van der Waals surface area contributed by atoms with Gasteiger partial charge in [0.05, 0.1) is 3.57 Å². The lowest BCUT2D eigenvalue weighted by molar-refractivity contribution is 0.592. The fraction of sp³-hybridized carbons (Fsp3) is 0.556. The number of aromatic nitrogens is 2. The normalized spacial score (nSPS) is 12.5. The molecule has 0 radical (unpaired) electrons. The first-order chi connectivity index (χ1) is 6.24. The van der Waals surface area contributed by atoms with Crippen molar-refractivity contribution in [3.63, 3.8) is 0 Å². The van der Waals surface area contributed by atoms with E-state index in [4.69, 9.17) is 0 Å². The van der Waals surface area contributed by atoms with Gasteiger partial charge in [0.25, 0.3) is 0 Å². The third-order valence-electron chi connectivity index (χ3n) is 1.98. The Kier molecular flexibility index (Phi) is 4.41. The summed E-state index contributed by atoms with van der Waals surface area (Å²) in [5, 5.41) is 3.30. The quantitative estimate of drug-likeness (QED) is 0.866. The van der Waals surface area contributed by atoms with Crippen LogP contribution in [0.2, 0.25) is 0 Å². The zero-order chi connectivity index (χ0) is 9.68. The van der Waals surface area contributed by atoms with Crippen LogP contribution in [-0.2, 0) is 0 Å². The number of rotatable bonds is 4. The topological polar surface area (TPSA) is 37.8 Å². The lowest BCUT2D eigenvalue weighted by Gasteiger charge is -2.10. The first kappa shape index (κ1) is 10.7. The summed E-state index contributed by atoms with van der Waals surface area (Å²) in [6, 6.07) is 0. The van der Waals surface area contributed by atoms with E-state index in [-0.39, 0.29) is 0 Å². The molecule has 0 aromatic carbocycles. The molecule has 0 amide bonds. The van der Waals surface area contributed by atoms with E-state index in [1.807, 2.05) is 6.20 Å². The molecule has 0 saturated heterocycles. The maximum Gasteiger partial charge on any atom is 0.142 e. The predicted octanol–water partition coefficient (Wildman–Crippen LogP) is 2.54. The van der Waals surface area contributed by atoms with E-state index in [9.17, 15) is 0 Å². The summed E-state index contributed by atoms with van der Waals surface area (Å²) in [7, 11) is 0. The number of halogens is 1. The van der Waals surface area contributed by atoms with E-state index in [1.165, 1.54) is 6.42 Å². The van der Waals surface area contributed by atoms with Gasteiger partial charge in [-0.05, 0) is 28.5 Å². The number of hydrogen-bond acceptors (Lipinski definition) is 3. The van der Waals surface area contributed by atoms with Crippen molar-refractivity contribution in [2.45, 2.75) is 20.3 Å². The standard InChI is InChI=1S/C9H14IN3/c1-3-7(2)4-12-9-8(10)5-11-6-13-9/h5-7H,3-4H2,1-2H3,(H,11,12,13). The van der Waals surface area contributed by atoms with Crippen LogP contribution in [0.25, 0.3) is 0 Å². The van der Waals surface area contributed by atoms with Gasteiger partial charge in [0.1, 0.15) is 12.1 Å². The fourth-order valence-corrected chi connectivity index (χ4v) is 1.35. The zero-order valence-corrected chi connectivity index (χ0v) is 10.1. The van der Waals surface area contributed by atoms with Gasteiger partial charge in [0.2, 0.25) is 0 Å². The Morgan fingerprint density at radius 2 is 2.38 bits per heavy atom. The molecule has 72 valence electrons. The highest BCUT2D eigenvalue weighted by molar-refractivity contribution is 14.1. The molecule has 0 spiro atoms. The van der Waals surface area contributed by atoms with Crippen LogP contribution < -0.4 is 5.32 Å². The van der Waals surface area contributed by atoms with Crippen LogP contribution >= 0.6 is 22.6 Å². The SMILES string of the molecule is CCC(C)CNc1ncncc1I. The first-order valence-electron chi connectivity index (χ1n) is 4.43. The molecular weight excluding hydrogens is 277 g/mol. The minimum atomic E-state index is 0.686. The largest absolute Gasteiger partial charge is 0.369 e. The minimum absolute atomic E-state index is 0.686. The van der Waals surface area contributed by atoms with Crippen molar-refractivity contribution in [3.8, 4) is 0 Å². The van der Waals surface area contributed by atoms with E-state index in [0.29, 0.717) is 5.92 Å². The lowest BCUT2D eigenvalue weighted by atomic mass is 10.1. The van der Waals surface area contributed by atoms with Gasteiger partial charge in [0, 0.05) is 12.7 Å². The molecule has 4 heteroatoms. The van der Waals surface area contributed by atoms with Crippen LogP contribution in [0.15, 0.2) is 12.5 Å². The molecule has 0 aliphatic rings. The Morgan fingerprint density at radius 1 is 1.62 bits per heavy atom. The summed E-state index contributed by atoms with van der Waals surface area (Å²) < 4.78 is 1.07. The van der Waals surface area contributed by atoms with Crippen molar-refractivity contribution < 1.29 is 0 Å². The van der Waals surface area contributed by atoms with Gasteiger partial charge in [-0.2, -0.15) is 0 Å². The van der Waals surface area contributed by atoms with Gasteiger partial charge in [-0.3, -0.25) is 0 Å². The highest BCUT2D eigenvalue weighted by Crippen LogP contribution is 2.13. The molecule has 0 fully saturated rings. The van der Waals surface area contributed by atoms with E-state index in [2.05, 4.69) is 51.7 Å². The van der Waals surface area contributed by atoms with Crippen LogP contribution in [0.4, 0.5) is 5.82 Å². The number of nitrogens with zero attached hydrogens (tertiary/aromatic N) is 2. The maximum atomic E-state index is 4.15.